The molecule has 1 saturated carbocycles. The Labute approximate surface area is 157 Å². The summed E-state index contributed by atoms with van der Waals surface area (Å²) in [5, 5.41) is 3.95. The number of hydrogen-bond acceptors (Lipinski definition) is 1. The summed E-state index contributed by atoms with van der Waals surface area (Å²) in [5.74, 6) is 0.478. The van der Waals surface area contributed by atoms with Crippen molar-refractivity contribution in [1.82, 2.24) is 0 Å². The van der Waals surface area contributed by atoms with E-state index in [1.807, 2.05) is 0 Å². The number of hydrogen-bond donors (Lipinski definition) is 0. The normalized spacial score (nSPS) is 21.1. The minimum absolute atomic E-state index is 0.0386. The van der Waals surface area contributed by atoms with Crippen LogP contribution in [0.2, 0.25) is 18.6 Å². The molecular formula is C24H26OSi. The van der Waals surface area contributed by atoms with Gasteiger partial charge in [0.25, 0.3) is 0 Å². The van der Waals surface area contributed by atoms with Crippen LogP contribution in [0.1, 0.15) is 30.7 Å². The predicted molar refractivity (Wildman–Crippen MR) is 113 cm³/mol. The van der Waals surface area contributed by atoms with Gasteiger partial charge in [-0.05, 0) is 28.3 Å². The first kappa shape index (κ1) is 17.2. The molecule has 1 nitrogen and oxygen atoms in total. The fraction of sp³-hybridized carbons (Fsp3) is 0.292. The van der Waals surface area contributed by atoms with Crippen LogP contribution in [0.15, 0.2) is 72.8 Å². The van der Waals surface area contributed by atoms with Gasteiger partial charge in [-0.3, -0.25) is 4.79 Å². The Morgan fingerprint density at radius 3 is 2.35 bits per heavy atom. The van der Waals surface area contributed by atoms with Gasteiger partial charge < -0.3 is 0 Å². The second-order valence-electron chi connectivity index (χ2n) is 8.10. The lowest BCUT2D eigenvalue weighted by Crippen LogP contribution is -2.50. The van der Waals surface area contributed by atoms with Gasteiger partial charge in [0.1, 0.15) is 5.78 Å². The van der Waals surface area contributed by atoms with E-state index in [0.29, 0.717) is 11.3 Å². The highest BCUT2D eigenvalue weighted by atomic mass is 28.3. The minimum Gasteiger partial charge on any atom is -0.299 e. The van der Waals surface area contributed by atoms with Gasteiger partial charge in [-0.1, -0.05) is 97.5 Å². The van der Waals surface area contributed by atoms with E-state index in [-0.39, 0.29) is 5.92 Å². The maximum atomic E-state index is 13.1. The van der Waals surface area contributed by atoms with Gasteiger partial charge in [0.05, 0.1) is 8.07 Å². The Balaban J connectivity index is 1.85. The maximum absolute atomic E-state index is 13.1. The van der Waals surface area contributed by atoms with Gasteiger partial charge in [0.15, 0.2) is 0 Å². The molecule has 2 heteroatoms. The number of fused-ring (bicyclic) bond motifs is 1. The highest BCUT2D eigenvalue weighted by Gasteiger charge is 2.44. The van der Waals surface area contributed by atoms with Crippen LogP contribution in [0.5, 0.6) is 0 Å². The van der Waals surface area contributed by atoms with Gasteiger partial charge in [-0.25, -0.2) is 0 Å². The van der Waals surface area contributed by atoms with Crippen molar-refractivity contribution < 1.29 is 4.79 Å². The minimum atomic E-state index is -1.77. The molecule has 1 aliphatic carbocycles. The number of carbonyl (C=O) groups is 1. The van der Waals surface area contributed by atoms with E-state index >= 15 is 0 Å². The molecule has 0 saturated heterocycles. The molecule has 0 aliphatic heterocycles. The van der Waals surface area contributed by atoms with Crippen LogP contribution in [-0.2, 0) is 4.79 Å². The van der Waals surface area contributed by atoms with Crippen molar-refractivity contribution in [3.63, 3.8) is 0 Å². The molecule has 0 heterocycles. The lowest BCUT2D eigenvalue weighted by Gasteiger charge is -2.41. The Morgan fingerprint density at radius 1 is 0.846 bits per heavy atom. The zero-order chi connectivity index (χ0) is 18.1. The molecule has 0 aromatic heterocycles. The van der Waals surface area contributed by atoms with Gasteiger partial charge in [-0.2, -0.15) is 0 Å². The lowest BCUT2D eigenvalue weighted by atomic mass is 9.80. The first-order valence-corrected chi connectivity index (χ1v) is 12.7. The van der Waals surface area contributed by atoms with Crippen LogP contribution in [-0.4, -0.2) is 13.9 Å². The molecule has 0 amide bonds. The van der Waals surface area contributed by atoms with Gasteiger partial charge in [0.2, 0.25) is 0 Å². The average molecular weight is 359 g/mol. The van der Waals surface area contributed by atoms with Crippen LogP contribution in [0.4, 0.5) is 0 Å². The van der Waals surface area contributed by atoms with E-state index in [4.69, 9.17) is 0 Å². The van der Waals surface area contributed by atoms with Crippen LogP contribution >= 0.6 is 0 Å². The molecule has 0 N–H and O–H groups in total. The van der Waals surface area contributed by atoms with Crippen LogP contribution in [0.25, 0.3) is 10.8 Å². The number of rotatable bonds is 3. The van der Waals surface area contributed by atoms with Crippen molar-refractivity contribution in [2.75, 3.05) is 0 Å². The van der Waals surface area contributed by atoms with Crippen molar-refractivity contribution in [3.8, 4) is 0 Å². The molecule has 1 aliphatic rings. The average Bonchev–Trinajstić information content (AvgIpc) is 2.68. The summed E-state index contributed by atoms with van der Waals surface area (Å²) in [6.45, 7) is 4.90. The number of ketones is 1. The van der Waals surface area contributed by atoms with E-state index in [0.717, 1.165) is 19.3 Å². The van der Waals surface area contributed by atoms with Crippen molar-refractivity contribution in [1.29, 1.82) is 0 Å². The largest absolute Gasteiger partial charge is 0.299 e. The third-order valence-corrected chi connectivity index (χ3v) is 10.6. The standard InChI is InChI=1S/C24H26OSi/c1-26(2,19-12-4-3-5-13-19)23-17-9-16-22(25)24(23)21-15-8-11-18-10-6-7-14-20(18)21/h3-8,10-15,23-24H,9,16-17H2,1-2H3/t23-,24-/m0/s1. The fourth-order valence-corrected chi connectivity index (χ4v) is 8.42. The van der Waals surface area contributed by atoms with Crippen LogP contribution < -0.4 is 5.19 Å². The van der Waals surface area contributed by atoms with E-state index in [1.165, 1.54) is 21.5 Å². The zero-order valence-electron chi connectivity index (χ0n) is 15.6. The zero-order valence-corrected chi connectivity index (χ0v) is 16.6. The second-order valence-corrected chi connectivity index (χ2v) is 12.9. The molecular weight excluding hydrogens is 332 g/mol. The van der Waals surface area contributed by atoms with Gasteiger partial charge in [-0.15, -0.1) is 0 Å². The SMILES string of the molecule is C[Si](C)(c1ccccc1)[C@H]1CCCC(=O)[C@@H]1c1cccc2ccccc12. The third kappa shape index (κ3) is 2.93. The van der Waals surface area contributed by atoms with E-state index in [9.17, 15) is 4.79 Å². The summed E-state index contributed by atoms with van der Waals surface area (Å²) >= 11 is 0. The number of Topliss-reactive ketones (excluding diaryl/α,β-unsaturated/α-hetero) is 1. The summed E-state index contributed by atoms with van der Waals surface area (Å²) in [6, 6.07) is 25.9. The van der Waals surface area contributed by atoms with E-state index < -0.39 is 8.07 Å². The summed E-state index contributed by atoms with van der Waals surface area (Å²) in [6.07, 6.45) is 2.92. The molecule has 0 radical (unpaired) electrons. The number of carbonyl (C=O) groups excluding carboxylic acids is 1. The quantitative estimate of drug-likeness (QED) is 0.552. The first-order valence-electron chi connectivity index (χ1n) is 9.65. The third-order valence-electron chi connectivity index (χ3n) is 6.29. The summed E-state index contributed by atoms with van der Waals surface area (Å²) in [5.41, 5.74) is 1.70. The van der Waals surface area contributed by atoms with Crippen molar-refractivity contribution in [2.24, 2.45) is 0 Å². The Hall–Kier alpha value is -2.19. The molecule has 0 bridgehead atoms. The monoisotopic (exact) mass is 358 g/mol. The number of benzene rings is 3. The Morgan fingerprint density at radius 2 is 1.54 bits per heavy atom. The van der Waals surface area contributed by atoms with Gasteiger partial charge in [0, 0.05) is 12.3 Å². The maximum Gasteiger partial charge on any atom is 0.140 e. The smallest absolute Gasteiger partial charge is 0.140 e. The van der Waals surface area contributed by atoms with Crippen molar-refractivity contribution >= 4 is 29.8 Å². The molecule has 4 rings (SSSR count). The molecule has 1 fully saturated rings. The van der Waals surface area contributed by atoms with Crippen LogP contribution in [0, 0.1) is 0 Å². The molecule has 0 unspecified atom stereocenters. The summed E-state index contributed by atoms with van der Waals surface area (Å²) in [4.78, 5) is 13.1. The van der Waals surface area contributed by atoms with E-state index in [2.05, 4.69) is 85.9 Å². The molecule has 2 atom stereocenters. The fourth-order valence-electron chi connectivity index (χ4n) is 4.81. The van der Waals surface area contributed by atoms with Crippen LogP contribution in [0.3, 0.4) is 0 Å². The molecule has 26 heavy (non-hydrogen) atoms. The predicted octanol–water partition coefficient (Wildman–Crippen LogP) is 5.66. The summed E-state index contributed by atoms with van der Waals surface area (Å²) in [7, 11) is -1.77. The first-order chi connectivity index (χ1) is 12.6. The molecule has 3 aromatic carbocycles. The molecule has 132 valence electrons. The molecule has 3 aromatic rings. The second kappa shape index (κ2) is 6.84. The van der Waals surface area contributed by atoms with Gasteiger partial charge >= 0.3 is 0 Å². The molecule has 0 spiro atoms. The highest BCUT2D eigenvalue weighted by molar-refractivity contribution is 6.91. The van der Waals surface area contributed by atoms with Crippen molar-refractivity contribution in [3.05, 3.63) is 78.4 Å². The topological polar surface area (TPSA) is 17.1 Å². The Kier molecular flexibility index (Phi) is 4.54. The lowest BCUT2D eigenvalue weighted by molar-refractivity contribution is -0.121. The summed E-state index contributed by atoms with van der Waals surface area (Å²) < 4.78 is 0. The van der Waals surface area contributed by atoms with E-state index in [1.54, 1.807) is 0 Å². The van der Waals surface area contributed by atoms with Crippen molar-refractivity contribution in [2.45, 2.75) is 43.8 Å². The Bertz CT molecular complexity index is 924. The highest BCUT2D eigenvalue weighted by Crippen LogP contribution is 2.47.